The van der Waals surface area contributed by atoms with Gasteiger partial charge in [-0.25, -0.2) is 0 Å². The van der Waals surface area contributed by atoms with E-state index >= 15 is 0 Å². The fourth-order valence-electron chi connectivity index (χ4n) is 3.55. The van der Waals surface area contributed by atoms with Crippen LogP contribution in [0, 0.1) is 27.7 Å². The van der Waals surface area contributed by atoms with E-state index in [4.69, 9.17) is 0 Å². The third-order valence-corrected chi connectivity index (χ3v) is 11.9. The minimum atomic E-state index is -4.64. The van der Waals surface area contributed by atoms with Gasteiger partial charge in [0.1, 0.15) is 0 Å². The molecule has 0 bridgehead atoms. The molecule has 0 fully saturated rings. The van der Waals surface area contributed by atoms with Crippen molar-refractivity contribution in [2.75, 3.05) is 40.0 Å². The van der Waals surface area contributed by atoms with Crippen molar-refractivity contribution < 1.29 is 14.4 Å². The fourth-order valence-corrected chi connectivity index (χ4v) is 6.17. The highest BCUT2D eigenvalue weighted by atomic mass is 31.2. The van der Waals surface area contributed by atoms with Crippen LogP contribution in [-0.4, -0.2) is 40.0 Å². The molecule has 0 saturated heterocycles. The van der Waals surface area contributed by atoms with Crippen molar-refractivity contribution >= 4 is 32.7 Å². The second-order valence-corrected chi connectivity index (χ2v) is 23.2. The summed E-state index contributed by atoms with van der Waals surface area (Å²) in [5.41, 5.74) is 5.16. The van der Waals surface area contributed by atoms with Gasteiger partial charge in [-0.2, -0.15) is 0 Å². The average molecular weight is 561 g/mol. The van der Waals surface area contributed by atoms with Crippen molar-refractivity contribution in [3.8, 4) is 0 Å². The van der Waals surface area contributed by atoms with Gasteiger partial charge in [-0.05, 0) is 68.7 Å². The minimum absolute atomic E-state index is 0.593. The molecule has 3 rings (SSSR count). The van der Waals surface area contributed by atoms with Crippen LogP contribution >= 0.6 is 22.1 Å². The summed E-state index contributed by atoms with van der Waals surface area (Å²) in [5, 5.41) is 1.69. The van der Waals surface area contributed by atoms with Gasteiger partial charge in [0, 0.05) is 19.7 Å². The van der Waals surface area contributed by atoms with Gasteiger partial charge in [0.15, 0.2) is 0 Å². The molecule has 6 heteroatoms. The molecule has 3 nitrogen and oxygen atoms in total. The van der Waals surface area contributed by atoms with Crippen LogP contribution in [0.25, 0.3) is 0 Å². The molecule has 0 heterocycles. The Kier molecular flexibility index (Phi) is 12.0. The summed E-state index contributed by atoms with van der Waals surface area (Å²) in [7, 11) is -6.21. The number of hydrogen-bond donors (Lipinski definition) is 0. The largest absolute Gasteiger partial charge is 0.810 e. The third kappa shape index (κ3) is 10.4. The lowest BCUT2D eigenvalue weighted by Crippen LogP contribution is -2.32. The summed E-state index contributed by atoms with van der Waals surface area (Å²) in [6.07, 6.45) is 0. The summed E-state index contributed by atoms with van der Waals surface area (Å²) in [6, 6.07) is 23.2. The van der Waals surface area contributed by atoms with Crippen LogP contribution in [0.3, 0.4) is 0 Å². The van der Waals surface area contributed by atoms with Crippen molar-refractivity contribution in [3.63, 3.8) is 0 Å². The second kappa shape index (κ2) is 13.2. The molecule has 0 unspecified atom stereocenters. The Morgan fingerprint density at radius 2 is 0.973 bits per heavy atom. The molecule has 0 spiro atoms. The first-order valence-electron chi connectivity index (χ1n) is 12.5. The van der Waals surface area contributed by atoms with E-state index in [1.165, 1.54) is 35.6 Å². The van der Waals surface area contributed by atoms with Crippen molar-refractivity contribution in [1.82, 2.24) is 0 Å². The molecule has 0 radical (unpaired) electrons. The van der Waals surface area contributed by atoms with Crippen molar-refractivity contribution in [2.24, 2.45) is 0 Å². The van der Waals surface area contributed by atoms with Crippen LogP contribution in [0.2, 0.25) is 0 Å². The normalized spacial score (nSPS) is 12.2. The molecule has 0 saturated carbocycles. The molecule has 204 valence electrons. The molecule has 0 aliphatic heterocycles. The van der Waals surface area contributed by atoms with E-state index in [2.05, 4.69) is 102 Å². The van der Waals surface area contributed by atoms with E-state index in [0.29, 0.717) is 5.56 Å². The summed E-state index contributed by atoms with van der Waals surface area (Å²) in [4.78, 5) is 22.4. The van der Waals surface area contributed by atoms with E-state index in [1.807, 2.05) is 19.9 Å². The second-order valence-electron chi connectivity index (χ2n) is 12.0. The first-order valence-corrected chi connectivity index (χ1v) is 20.3. The summed E-state index contributed by atoms with van der Waals surface area (Å²) >= 11 is 0. The lowest BCUT2D eigenvalue weighted by molar-refractivity contribution is -0.320. The van der Waals surface area contributed by atoms with Gasteiger partial charge in [-0.15, -0.1) is 0 Å². The highest BCUT2D eigenvalue weighted by Crippen LogP contribution is 2.51. The number of aryl methyl sites for hydroxylation is 3. The molecule has 0 amide bonds. The maximum atomic E-state index is 11.2. The maximum absolute atomic E-state index is 11.2. The Morgan fingerprint density at radius 1 is 0.622 bits per heavy atom. The number of benzene rings is 3. The molecular weight excluding hydrogens is 513 g/mol. The van der Waals surface area contributed by atoms with Gasteiger partial charge in [-0.1, -0.05) is 75.0 Å². The monoisotopic (exact) mass is 560 g/mol. The molecule has 0 aliphatic rings. The van der Waals surface area contributed by atoms with Crippen LogP contribution in [0.5, 0.6) is 0 Å². The van der Waals surface area contributed by atoms with E-state index in [-0.39, 0.29) is 0 Å². The average Bonchev–Trinajstić information content (AvgIpc) is 2.75. The smallest absolute Gasteiger partial charge is 0.0930 e. The standard InChI is InChI=1S/C11H17O3P.2C10H16P/c1-8-6-5-7-10(9(8)2)11(3,4)15(12,13)14;2*1-9-5-7-10(8-6-9)11(2,3)4/h5-7H,1-4H3,(H2,12,13,14);2*5-8H,1-4H3/q;2*+1/p-2. The van der Waals surface area contributed by atoms with Crippen molar-refractivity contribution in [2.45, 2.75) is 46.7 Å². The lowest BCUT2D eigenvalue weighted by atomic mass is 9.94. The molecule has 0 N–H and O–H groups in total. The molecule has 3 aromatic carbocycles. The van der Waals surface area contributed by atoms with Gasteiger partial charge in [0.05, 0.1) is 50.6 Å². The zero-order valence-corrected chi connectivity index (χ0v) is 27.6. The zero-order chi connectivity index (χ0) is 28.8. The van der Waals surface area contributed by atoms with Crippen molar-refractivity contribution in [3.05, 3.63) is 94.5 Å². The SMILES string of the molecule is Cc1ccc([P+](C)(C)C)cc1.Cc1ccc([P+](C)(C)C)cc1.Cc1cccc(C(C)(C)P(=O)([O-])[O-])c1C. The predicted octanol–water partition coefficient (Wildman–Crippen LogP) is 6.51. The third-order valence-electron chi connectivity index (χ3n) is 6.57. The van der Waals surface area contributed by atoms with E-state index in [9.17, 15) is 14.4 Å². The molecule has 0 aromatic heterocycles. The van der Waals surface area contributed by atoms with Gasteiger partial charge in [0.25, 0.3) is 0 Å². The van der Waals surface area contributed by atoms with Gasteiger partial charge >= 0.3 is 0 Å². The van der Waals surface area contributed by atoms with Crippen LogP contribution in [0.1, 0.15) is 41.7 Å². The van der Waals surface area contributed by atoms with E-state index in [0.717, 1.165) is 11.1 Å². The first-order chi connectivity index (χ1) is 16.7. The van der Waals surface area contributed by atoms with E-state index in [1.54, 1.807) is 12.1 Å². The Bertz CT molecular complexity index is 1120. The highest BCUT2D eigenvalue weighted by molar-refractivity contribution is 7.81. The Balaban J connectivity index is 0.000000283. The summed E-state index contributed by atoms with van der Waals surface area (Å²) < 4.78 is 11.2. The summed E-state index contributed by atoms with van der Waals surface area (Å²) in [6.45, 7) is 25.0. The van der Waals surface area contributed by atoms with Crippen molar-refractivity contribution in [1.29, 1.82) is 0 Å². The maximum Gasteiger partial charge on any atom is 0.0930 e. The quantitative estimate of drug-likeness (QED) is 0.342. The van der Waals surface area contributed by atoms with Gasteiger partial charge in [-0.3, -0.25) is 0 Å². The molecule has 0 aliphatic carbocycles. The number of rotatable bonds is 4. The van der Waals surface area contributed by atoms with E-state index < -0.39 is 27.3 Å². The predicted molar refractivity (Wildman–Crippen MR) is 168 cm³/mol. The lowest BCUT2D eigenvalue weighted by Gasteiger charge is -2.46. The molecular formula is C31H47O3P3. The first kappa shape index (κ1) is 33.7. The van der Waals surface area contributed by atoms with Gasteiger partial charge in [0.2, 0.25) is 0 Å². The Hall–Kier alpha value is -1.33. The molecule has 37 heavy (non-hydrogen) atoms. The van der Waals surface area contributed by atoms with Crippen LogP contribution in [-0.2, 0) is 9.72 Å². The Morgan fingerprint density at radius 3 is 1.27 bits per heavy atom. The topological polar surface area (TPSA) is 63.2 Å². The van der Waals surface area contributed by atoms with Crippen LogP contribution in [0.4, 0.5) is 0 Å². The molecule has 3 aromatic rings. The Labute approximate surface area is 228 Å². The number of hydrogen-bond acceptors (Lipinski definition) is 3. The minimum Gasteiger partial charge on any atom is -0.810 e. The zero-order valence-electron chi connectivity index (χ0n) is 24.9. The van der Waals surface area contributed by atoms with Crippen LogP contribution < -0.4 is 20.4 Å². The van der Waals surface area contributed by atoms with Crippen LogP contribution in [0.15, 0.2) is 66.7 Å². The summed E-state index contributed by atoms with van der Waals surface area (Å²) in [5.74, 6) is 0. The van der Waals surface area contributed by atoms with Gasteiger partial charge < -0.3 is 14.4 Å². The highest BCUT2D eigenvalue weighted by Gasteiger charge is 2.26. The molecule has 0 atom stereocenters. The fraction of sp³-hybridized carbons (Fsp3) is 0.419.